The van der Waals surface area contributed by atoms with Crippen molar-refractivity contribution in [3.05, 3.63) is 18.2 Å². The molecule has 132 valence electrons. The SMILES string of the molecule is CC[C@H]1[C@@H](C(=O)OC)C[C@H]2CN(CCc3nccn3C)CC(=O)N21. The van der Waals surface area contributed by atoms with Crippen LogP contribution in [0.4, 0.5) is 0 Å². The van der Waals surface area contributed by atoms with Gasteiger partial charge in [-0.15, -0.1) is 0 Å². The van der Waals surface area contributed by atoms with Gasteiger partial charge in [-0.3, -0.25) is 14.5 Å². The van der Waals surface area contributed by atoms with E-state index >= 15 is 0 Å². The number of carbonyl (C=O) groups excluding carboxylic acids is 2. The number of nitrogens with zero attached hydrogens (tertiary/aromatic N) is 4. The lowest BCUT2D eigenvalue weighted by molar-refractivity contribution is -0.147. The predicted molar refractivity (Wildman–Crippen MR) is 88.2 cm³/mol. The van der Waals surface area contributed by atoms with Crippen molar-refractivity contribution in [3.63, 3.8) is 0 Å². The summed E-state index contributed by atoms with van der Waals surface area (Å²) in [5, 5.41) is 0. The fourth-order valence-corrected chi connectivity index (χ4v) is 4.17. The van der Waals surface area contributed by atoms with E-state index in [1.807, 2.05) is 29.6 Å². The van der Waals surface area contributed by atoms with Gasteiger partial charge in [0.15, 0.2) is 0 Å². The molecule has 1 aromatic rings. The van der Waals surface area contributed by atoms with Gasteiger partial charge < -0.3 is 14.2 Å². The number of amides is 1. The van der Waals surface area contributed by atoms with Gasteiger partial charge in [-0.1, -0.05) is 6.92 Å². The normalized spacial score (nSPS) is 27.4. The topological polar surface area (TPSA) is 67.7 Å². The molecule has 0 radical (unpaired) electrons. The van der Waals surface area contributed by atoms with Crippen molar-refractivity contribution in [2.24, 2.45) is 13.0 Å². The Kier molecular flexibility index (Phi) is 4.89. The third-order valence-corrected chi connectivity index (χ3v) is 5.35. The van der Waals surface area contributed by atoms with E-state index < -0.39 is 0 Å². The van der Waals surface area contributed by atoms with Gasteiger partial charge in [0.25, 0.3) is 0 Å². The minimum Gasteiger partial charge on any atom is -0.469 e. The van der Waals surface area contributed by atoms with E-state index in [4.69, 9.17) is 4.74 Å². The molecule has 1 amide bonds. The number of imidazole rings is 1. The number of hydrogen-bond donors (Lipinski definition) is 0. The second-order valence-electron chi connectivity index (χ2n) is 6.74. The van der Waals surface area contributed by atoms with Gasteiger partial charge in [-0.2, -0.15) is 0 Å². The average Bonchev–Trinajstić information content (AvgIpc) is 3.15. The van der Waals surface area contributed by atoms with Gasteiger partial charge in [-0.25, -0.2) is 4.98 Å². The van der Waals surface area contributed by atoms with Crippen LogP contribution in [-0.4, -0.2) is 70.1 Å². The highest BCUT2D eigenvalue weighted by molar-refractivity contribution is 5.82. The molecule has 0 bridgehead atoms. The first-order valence-electron chi connectivity index (χ1n) is 8.62. The minimum absolute atomic E-state index is 0.0216. The van der Waals surface area contributed by atoms with Crippen LogP contribution >= 0.6 is 0 Å². The zero-order valence-corrected chi connectivity index (χ0v) is 14.6. The first kappa shape index (κ1) is 17.0. The van der Waals surface area contributed by atoms with Gasteiger partial charge in [0.05, 0.1) is 19.6 Å². The molecule has 24 heavy (non-hydrogen) atoms. The number of aryl methyl sites for hydroxylation is 1. The van der Waals surface area contributed by atoms with Crippen molar-refractivity contribution in [2.45, 2.75) is 38.3 Å². The van der Waals surface area contributed by atoms with E-state index in [-0.39, 0.29) is 29.9 Å². The zero-order valence-electron chi connectivity index (χ0n) is 14.6. The lowest BCUT2D eigenvalue weighted by Gasteiger charge is -2.39. The van der Waals surface area contributed by atoms with Gasteiger partial charge in [0.1, 0.15) is 5.82 Å². The Morgan fingerprint density at radius 2 is 2.25 bits per heavy atom. The Hall–Kier alpha value is -1.89. The number of methoxy groups -OCH3 is 1. The molecule has 2 saturated heterocycles. The summed E-state index contributed by atoms with van der Waals surface area (Å²) in [6, 6.07) is 0.0910. The number of fused-ring (bicyclic) bond motifs is 1. The maximum Gasteiger partial charge on any atom is 0.310 e. The summed E-state index contributed by atoms with van der Waals surface area (Å²) in [6.45, 7) is 4.08. The first-order valence-corrected chi connectivity index (χ1v) is 8.62. The van der Waals surface area contributed by atoms with E-state index in [1.54, 1.807) is 6.20 Å². The highest BCUT2D eigenvalue weighted by Crippen LogP contribution is 2.35. The van der Waals surface area contributed by atoms with Crippen LogP contribution in [-0.2, 0) is 27.8 Å². The molecule has 0 aromatic carbocycles. The van der Waals surface area contributed by atoms with Gasteiger partial charge in [0.2, 0.25) is 5.91 Å². The van der Waals surface area contributed by atoms with E-state index in [0.717, 1.165) is 31.8 Å². The smallest absolute Gasteiger partial charge is 0.310 e. The second kappa shape index (κ2) is 6.93. The van der Waals surface area contributed by atoms with E-state index in [1.165, 1.54) is 7.11 Å². The zero-order chi connectivity index (χ0) is 17.3. The maximum atomic E-state index is 12.7. The first-order chi connectivity index (χ1) is 11.5. The fourth-order valence-electron chi connectivity index (χ4n) is 4.17. The quantitative estimate of drug-likeness (QED) is 0.731. The van der Waals surface area contributed by atoms with Crippen LogP contribution in [0.3, 0.4) is 0 Å². The second-order valence-corrected chi connectivity index (χ2v) is 6.74. The third-order valence-electron chi connectivity index (χ3n) is 5.35. The molecule has 2 fully saturated rings. The van der Waals surface area contributed by atoms with Crippen molar-refractivity contribution in [1.82, 2.24) is 19.4 Å². The highest BCUT2D eigenvalue weighted by Gasteiger charge is 2.49. The molecule has 0 saturated carbocycles. The van der Waals surface area contributed by atoms with Crippen LogP contribution in [0.15, 0.2) is 12.4 Å². The largest absolute Gasteiger partial charge is 0.469 e. The van der Waals surface area contributed by atoms with Crippen molar-refractivity contribution in [2.75, 3.05) is 26.7 Å². The van der Waals surface area contributed by atoms with Crippen molar-refractivity contribution >= 4 is 11.9 Å². The minimum atomic E-state index is -0.191. The molecule has 7 heteroatoms. The number of carbonyl (C=O) groups is 2. The van der Waals surface area contributed by atoms with Crippen LogP contribution in [0.25, 0.3) is 0 Å². The lowest BCUT2D eigenvalue weighted by atomic mass is 9.97. The Morgan fingerprint density at radius 1 is 1.46 bits per heavy atom. The van der Waals surface area contributed by atoms with Crippen LogP contribution < -0.4 is 0 Å². The number of esters is 1. The molecule has 0 aliphatic carbocycles. The predicted octanol–water partition coefficient (Wildman–Crippen LogP) is 0.447. The lowest BCUT2D eigenvalue weighted by Crippen LogP contribution is -2.56. The van der Waals surface area contributed by atoms with Crippen molar-refractivity contribution < 1.29 is 14.3 Å². The Morgan fingerprint density at radius 3 is 2.88 bits per heavy atom. The molecule has 0 N–H and O–H groups in total. The fraction of sp³-hybridized carbons (Fsp3) is 0.706. The molecule has 1 aromatic heterocycles. The summed E-state index contributed by atoms with van der Waals surface area (Å²) in [6.07, 6.45) is 6.04. The summed E-state index contributed by atoms with van der Waals surface area (Å²) < 4.78 is 6.95. The van der Waals surface area contributed by atoms with Crippen LogP contribution in [0.2, 0.25) is 0 Å². The third kappa shape index (κ3) is 3.05. The number of rotatable bonds is 5. The Labute approximate surface area is 142 Å². The maximum absolute atomic E-state index is 12.7. The van der Waals surface area contributed by atoms with Gasteiger partial charge >= 0.3 is 5.97 Å². The number of aromatic nitrogens is 2. The Balaban J connectivity index is 1.66. The Bertz CT molecular complexity index is 615. The van der Waals surface area contributed by atoms with Gasteiger partial charge in [0, 0.05) is 51.0 Å². The van der Waals surface area contributed by atoms with Crippen molar-refractivity contribution in [1.29, 1.82) is 0 Å². The summed E-state index contributed by atoms with van der Waals surface area (Å²) in [5.74, 6) is 0.770. The van der Waals surface area contributed by atoms with Gasteiger partial charge in [-0.05, 0) is 12.8 Å². The van der Waals surface area contributed by atoms with Crippen molar-refractivity contribution in [3.8, 4) is 0 Å². The molecule has 3 rings (SSSR count). The molecule has 7 nitrogen and oxygen atoms in total. The van der Waals surface area contributed by atoms with E-state index in [2.05, 4.69) is 9.88 Å². The molecule has 3 atom stereocenters. The summed E-state index contributed by atoms with van der Waals surface area (Å²) in [5.41, 5.74) is 0. The summed E-state index contributed by atoms with van der Waals surface area (Å²) >= 11 is 0. The number of hydrogen-bond acceptors (Lipinski definition) is 5. The molecule has 2 aliphatic rings. The van der Waals surface area contributed by atoms with Crippen LogP contribution in [0, 0.1) is 5.92 Å². The number of piperazine rings is 1. The molecular formula is C17H26N4O3. The highest BCUT2D eigenvalue weighted by atomic mass is 16.5. The van der Waals surface area contributed by atoms with E-state index in [0.29, 0.717) is 13.0 Å². The average molecular weight is 334 g/mol. The standard InChI is InChI=1S/C17H26N4O3/c1-4-14-13(17(23)24-3)9-12-10-20(11-16(22)21(12)14)7-5-15-18-6-8-19(15)2/h6,8,12-14H,4-5,7,9-11H2,1-3H3/t12-,13-,14-/m0/s1. The van der Waals surface area contributed by atoms with Crippen LogP contribution in [0.1, 0.15) is 25.6 Å². The molecule has 3 heterocycles. The molecule has 0 spiro atoms. The summed E-state index contributed by atoms with van der Waals surface area (Å²) in [7, 11) is 3.41. The van der Waals surface area contributed by atoms with Crippen LogP contribution in [0.5, 0.6) is 0 Å². The molecule has 2 aliphatic heterocycles. The van der Waals surface area contributed by atoms with E-state index in [9.17, 15) is 9.59 Å². The molecule has 0 unspecified atom stereocenters. The summed E-state index contributed by atoms with van der Waals surface area (Å²) in [4.78, 5) is 33.2. The molecular weight excluding hydrogens is 308 g/mol. The number of ether oxygens (including phenoxy) is 1. The monoisotopic (exact) mass is 334 g/mol.